The van der Waals surface area contributed by atoms with E-state index in [2.05, 4.69) is 33.8 Å². The molecule has 2 amide bonds. The Hall–Kier alpha value is -3.14. The average Bonchev–Trinajstić information content (AvgIpc) is 2.91. The number of hydrogen-bond donors (Lipinski definition) is 2. The van der Waals surface area contributed by atoms with Crippen LogP contribution in [0.15, 0.2) is 60.8 Å². The summed E-state index contributed by atoms with van der Waals surface area (Å²) < 4.78 is 0. The highest BCUT2D eigenvalue weighted by Gasteiger charge is 2.30. The lowest BCUT2D eigenvalue weighted by molar-refractivity contribution is 0.250. The van der Waals surface area contributed by atoms with Gasteiger partial charge in [0.25, 0.3) is 0 Å². The van der Waals surface area contributed by atoms with Crippen LogP contribution in [0.4, 0.5) is 10.5 Å². The summed E-state index contributed by atoms with van der Waals surface area (Å²) in [5, 5.41) is 5.98. The highest BCUT2D eigenvalue weighted by Crippen LogP contribution is 2.43. The number of nitrogens with one attached hydrogen (secondary N) is 2. The predicted octanol–water partition coefficient (Wildman–Crippen LogP) is 4.59. The molecule has 4 nitrogen and oxygen atoms in total. The topological polar surface area (TPSA) is 54.0 Å². The Morgan fingerprint density at radius 2 is 1.72 bits per heavy atom. The maximum absolute atomic E-state index is 12.5. The van der Waals surface area contributed by atoms with Crippen LogP contribution in [0.25, 0.3) is 11.1 Å². The molecule has 3 aromatic rings. The van der Waals surface area contributed by atoms with Crippen LogP contribution in [0.2, 0.25) is 0 Å². The molecule has 1 aromatic heterocycles. The third-order valence-electron chi connectivity index (χ3n) is 4.53. The molecule has 2 aromatic carbocycles. The molecule has 2 N–H and O–H groups in total. The summed E-state index contributed by atoms with van der Waals surface area (Å²) >= 11 is 0. The number of amides is 2. The molecule has 0 bridgehead atoms. The normalized spacial score (nSPS) is 14.6. The second-order valence-corrected chi connectivity index (χ2v) is 6.40. The molecule has 0 spiro atoms. The van der Waals surface area contributed by atoms with Gasteiger partial charge in [-0.3, -0.25) is 4.98 Å². The Morgan fingerprint density at radius 1 is 0.960 bits per heavy atom. The lowest BCUT2D eigenvalue weighted by Gasteiger charge is -2.16. The van der Waals surface area contributed by atoms with Crippen molar-refractivity contribution in [1.82, 2.24) is 10.3 Å². The minimum absolute atomic E-state index is 0.190. The van der Waals surface area contributed by atoms with E-state index in [1.54, 1.807) is 0 Å². The van der Waals surface area contributed by atoms with Gasteiger partial charge in [0.2, 0.25) is 0 Å². The van der Waals surface area contributed by atoms with Crippen LogP contribution >= 0.6 is 0 Å². The molecule has 0 radical (unpaired) electrons. The van der Waals surface area contributed by atoms with Gasteiger partial charge in [-0.2, -0.15) is 0 Å². The average molecular weight is 329 g/mol. The number of carbonyl (C=O) groups is 1. The number of pyridine rings is 1. The van der Waals surface area contributed by atoms with Gasteiger partial charge < -0.3 is 10.6 Å². The molecule has 4 heteroatoms. The summed E-state index contributed by atoms with van der Waals surface area (Å²) in [5.74, 6) is 0. The van der Waals surface area contributed by atoms with Crippen molar-refractivity contribution in [2.75, 3.05) is 5.32 Å². The van der Waals surface area contributed by atoms with Crippen LogP contribution in [0.3, 0.4) is 0 Å². The zero-order chi connectivity index (χ0) is 17.4. The number of rotatable bonds is 2. The minimum Gasteiger partial charge on any atom is -0.327 e. The monoisotopic (exact) mass is 329 g/mol. The van der Waals surface area contributed by atoms with Crippen LogP contribution in [-0.4, -0.2) is 11.0 Å². The second kappa shape index (κ2) is 6.06. The molecule has 1 atom stereocenters. The van der Waals surface area contributed by atoms with E-state index in [1.165, 1.54) is 0 Å². The van der Waals surface area contributed by atoms with Gasteiger partial charge in [-0.25, -0.2) is 4.79 Å². The molecule has 0 fully saturated rings. The van der Waals surface area contributed by atoms with E-state index in [9.17, 15) is 4.79 Å². The number of aryl methyl sites for hydroxylation is 2. The number of nitrogens with zero attached hydrogens (tertiary/aromatic N) is 1. The summed E-state index contributed by atoms with van der Waals surface area (Å²) in [5.41, 5.74) is 7.34. The Kier molecular flexibility index (Phi) is 3.73. The first-order valence-electron chi connectivity index (χ1n) is 8.32. The molecule has 124 valence electrons. The Morgan fingerprint density at radius 3 is 2.52 bits per heavy atom. The van der Waals surface area contributed by atoms with E-state index in [0.29, 0.717) is 0 Å². The molecule has 0 aliphatic heterocycles. The van der Waals surface area contributed by atoms with Crippen molar-refractivity contribution in [1.29, 1.82) is 0 Å². The summed E-state index contributed by atoms with van der Waals surface area (Å²) in [7, 11) is 0. The number of fused-ring (bicyclic) bond motifs is 3. The highest BCUT2D eigenvalue weighted by molar-refractivity contribution is 5.91. The third-order valence-corrected chi connectivity index (χ3v) is 4.53. The molecular formula is C21H19N3O. The van der Waals surface area contributed by atoms with Gasteiger partial charge in [-0.15, -0.1) is 0 Å². The first-order chi connectivity index (χ1) is 12.1. The van der Waals surface area contributed by atoms with Gasteiger partial charge in [-0.05, 0) is 48.7 Å². The smallest absolute Gasteiger partial charge is 0.319 e. The molecular weight excluding hydrogens is 310 g/mol. The van der Waals surface area contributed by atoms with E-state index >= 15 is 0 Å². The van der Waals surface area contributed by atoms with Crippen molar-refractivity contribution in [3.8, 4) is 11.1 Å². The van der Waals surface area contributed by atoms with Crippen molar-refractivity contribution < 1.29 is 4.79 Å². The summed E-state index contributed by atoms with van der Waals surface area (Å²) in [6.07, 6.45) is 1.86. The number of anilines is 1. The van der Waals surface area contributed by atoms with E-state index in [1.807, 2.05) is 56.4 Å². The summed E-state index contributed by atoms with van der Waals surface area (Å²) in [6.45, 7) is 4.00. The number of aromatic nitrogens is 1. The van der Waals surface area contributed by atoms with Gasteiger partial charge >= 0.3 is 6.03 Å². The minimum atomic E-state index is -0.225. The Labute approximate surface area is 146 Å². The lowest BCUT2D eigenvalue weighted by Crippen LogP contribution is -2.32. The zero-order valence-electron chi connectivity index (χ0n) is 14.2. The number of carbonyl (C=O) groups excluding carboxylic acids is 1. The van der Waals surface area contributed by atoms with E-state index < -0.39 is 0 Å². The quantitative estimate of drug-likeness (QED) is 0.722. The van der Waals surface area contributed by atoms with Gasteiger partial charge in [0, 0.05) is 23.1 Å². The SMILES string of the molecule is Cc1ccc(NC(=O)N[C@@H]2c3ccccc3-c3cc(C)ncc32)cc1. The first kappa shape index (κ1) is 15.4. The zero-order valence-corrected chi connectivity index (χ0v) is 14.2. The lowest BCUT2D eigenvalue weighted by atomic mass is 10.1. The number of hydrogen-bond acceptors (Lipinski definition) is 2. The Balaban J connectivity index is 1.62. The fraction of sp³-hybridized carbons (Fsp3) is 0.143. The third kappa shape index (κ3) is 2.87. The fourth-order valence-electron chi connectivity index (χ4n) is 3.29. The molecule has 1 aliphatic rings. The van der Waals surface area contributed by atoms with Crippen molar-refractivity contribution >= 4 is 11.7 Å². The molecule has 1 heterocycles. The van der Waals surface area contributed by atoms with Crippen LogP contribution in [0.1, 0.15) is 28.4 Å². The van der Waals surface area contributed by atoms with Gasteiger partial charge in [0.15, 0.2) is 0 Å². The fourth-order valence-corrected chi connectivity index (χ4v) is 3.29. The van der Waals surface area contributed by atoms with Gasteiger partial charge in [0.1, 0.15) is 0 Å². The number of urea groups is 1. The molecule has 0 saturated heterocycles. The largest absolute Gasteiger partial charge is 0.327 e. The number of benzene rings is 2. The molecule has 1 aliphatic carbocycles. The molecule has 0 saturated carbocycles. The van der Waals surface area contributed by atoms with Crippen LogP contribution < -0.4 is 10.6 Å². The molecule has 4 rings (SSSR count). The summed E-state index contributed by atoms with van der Waals surface area (Å²) in [6, 6.07) is 17.6. The van der Waals surface area contributed by atoms with Gasteiger partial charge in [-0.1, -0.05) is 42.0 Å². The van der Waals surface area contributed by atoms with Crippen LogP contribution in [0.5, 0.6) is 0 Å². The second-order valence-electron chi connectivity index (χ2n) is 6.40. The van der Waals surface area contributed by atoms with Gasteiger partial charge in [0.05, 0.1) is 6.04 Å². The first-order valence-corrected chi connectivity index (χ1v) is 8.32. The molecule has 0 unspecified atom stereocenters. The maximum Gasteiger partial charge on any atom is 0.319 e. The van der Waals surface area contributed by atoms with Crippen molar-refractivity contribution in [3.05, 3.63) is 83.2 Å². The summed E-state index contributed by atoms with van der Waals surface area (Å²) in [4.78, 5) is 16.9. The van der Waals surface area contributed by atoms with E-state index in [-0.39, 0.29) is 12.1 Å². The molecule has 25 heavy (non-hydrogen) atoms. The Bertz CT molecular complexity index is 948. The maximum atomic E-state index is 12.5. The highest BCUT2D eigenvalue weighted by atomic mass is 16.2. The van der Waals surface area contributed by atoms with Crippen molar-refractivity contribution in [2.45, 2.75) is 19.9 Å². The van der Waals surface area contributed by atoms with Crippen LogP contribution in [-0.2, 0) is 0 Å². The van der Waals surface area contributed by atoms with Crippen molar-refractivity contribution in [3.63, 3.8) is 0 Å². The van der Waals surface area contributed by atoms with E-state index in [0.717, 1.165) is 39.2 Å². The van der Waals surface area contributed by atoms with Crippen LogP contribution in [0, 0.1) is 13.8 Å². The predicted molar refractivity (Wildman–Crippen MR) is 99.6 cm³/mol. The standard InChI is InChI=1S/C21H19N3O/c1-13-7-9-15(10-8-13)23-21(25)24-20-17-6-4-3-5-16(17)18-11-14(2)22-12-19(18)20/h3-12,20H,1-2H3,(H2,23,24,25)/t20-/m1/s1. The van der Waals surface area contributed by atoms with Crippen molar-refractivity contribution in [2.24, 2.45) is 0 Å². The van der Waals surface area contributed by atoms with E-state index in [4.69, 9.17) is 0 Å².